The van der Waals surface area contributed by atoms with Gasteiger partial charge in [-0.25, -0.2) is 4.98 Å². The first-order valence-electron chi connectivity index (χ1n) is 5.47. The second-order valence-electron chi connectivity index (χ2n) is 4.20. The van der Waals surface area contributed by atoms with E-state index in [1.807, 2.05) is 6.92 Å². The Morgan fingerprint density at radius 1 is 1.67 bits per heavy atom. The van der Waals surface area contributed by atoms with Crippen LogP contribution in [0.5, 0.6) is 0 Å². The molecule has 1 heterocycles. The molecular formula is C11H15N3O4. The van der Waals surface area contributed by atoms with E-state index in [1.165, 1.54) is 12.3 Å². The lowest BCUT2D eigenvalue weighted by Crippen LogP contribution is -2.16. The van der Waals surface area contributed by atoms with Crippen LogP contribution in [-0.2, 0) is 4.79 Å². The Hall–Kier alpha value is -2.18. The molecule has 1 rings (SSSR count). The van der Waals surface area contributed by atoms with E-state index in [9.17, 15) is 14.9 Å². The fourth-order valence-electron chi connectivity index (χ4n) is 1.49. The number of nitro groups is 1. The van der Waals surface area contributed by atoms with Gasteiger partial charge in [0.15, 0.2) is 0 Å². The van der Waals surface area contributed by atoms with Gasteiger partial charge in [0.25, 0.3) is 5.69 Å². The largest absolute Gasteiger partial charge is 0.481 e. The van der Waals surface area contributed by atoms with E-state index in [1.54, 1.807) is 6.92 Å². The molecule has 0 aliphatic heterocycles. The van der Waals surface area contributed by atoms with E-state index in [-0.39, 0.29) is 18.0 Å². The Balaban J connectivity index is 2.63. The van der Waals surface area contributed by atoms with Gasteiger partial charge in [-0.15, -0.1) is 0 Å². The Kier molecular flexibility index (Phi) is 4.59. The van der Waals surface area contributed by atoms with Crippen LogP contribution in [0.4, 0.5) is 11.5 Å². The first-order chi connectivity index (χ1) is 8.40. The lowest BCUT2D eigenvalue weighted by molar-refractivity contribution is -0.385. The van der Waals surface area contributed by atoms with E-state index in [0.717, 1.165) is 0 Å². The van der Waals surface area contributed by atoms with Crippen LogP contribution >= 0.6 is 0 Å². The van der Waals surface area contributed by atoms with Crippen molar-refractivity contribution in [2.24, 2.45) is 5.92 Å². The van der Waals surface area contributed by atoms with Crippen LogP contribution < -0.4 is 5.32 Å². The number of carboxylic acid groups (broad SMARTS) is 1. The number of aryl methyl sites for hydroxylation is 1. The Labute approximate surface area is 104 Å². The third kappa shape index (κ3) is 4.00. The molecule has 18 heavy (non-hydrogen) atoms. The topological polar surface area (TPSA) is 105 Å². The van der Waals surface area contributed by atoms with Crippen molar-refractivity contribution >= 4 is 17.5 Å². The summed E-state index contributed by atoms with van der Waals surface area (Å²) in [6, 6.07) is 1.43. The molecule has 0 saturated heterocycles. The number of pyridine rings is 1. The van der Waals surface area contributed by atoms with Crippen molar-refractivity contribution in [3.8, 4) is 0 Å². The summed E-state index contributed by atoms with van der Waals surface area (Å²) in [7, 11) is 0. The monoisotopic (exact) mass is 253 g/mol. The van der Waals surface area contributed by atoms with Crippen molar-refractivity contribution < 1.29 is 14.8 Å². The van der Waals surface area contributed by atoms with E-state index >= 15 is 0 Å². The van der Waals surface area contributed by atoms with Crippen LogP contribution in [0.15, 0.2) is 12.3 Å². The number of nitrogens with one attached hydrogen (secondary N) is 1. The van der Waals surface area contributed by atoms with Crippen molar-refractivity contribution in [3.05, 3.63) is 27.9 Å². The minimum absolute atomic E-state index is 0.0427. The summed E-state index contributed by atoms with van der Waals surface area (Å²) in [6.45, 7) is 3.98. The number of anilines is 1. The summed E-state index contributed by atoms with van der Waals surface area (Å²) < 4.78 is 0. The minimum atomic E-state index is -0.849. The van der Waals surface area contributed by atoms with E-state index < -0.39 is 10.9 Å². The highest BCUT2D eigenvalue weighted by atomic mass is 16.6. The zero-order valence-corrected chi connectivity index (χ0v) is 10.2. The van der Waals surface area contributed by atoms with Gasteiger partial charge in [-0.05, 0) is 18.4 Å². The molecule has 0 aliphatic rings. The van der Waals surface area contributed by atoms with E-state index in [4.69, 9.17) is 5.11 Å². The number of aromatic nitrogens is 1. The number of hydrogen-bond acceptors (Lipinski definition) is 5. The molecule has 1 aromatic rings. The van der Waals surface area contributed by atoms with Crippen LogP contribution in [0.25, 0.3) is 0 Å². The van der Waals surface area contributed by atoms with Crippen LogP contribution in [0.3, 0.4) is 0 Å². The number of carboxylic acids is 1. The second kappa shape index (κ2) is 5.95. The minimum Gasteiger partial charge on any atom is -0.481 e. The molecule has 1 unspecified atom stereocenters. The fourth-order valence-corrected chi connectivity index (χ4v) is 1.49. The molecule has 0 fully saturated rings. The normalized spacial score (nSPS) is 11.9. The van der Waals surface area contributed by atoms with Gasteiger partial charge < -0.3 is 10.4 Å². The number of nitrogens with zero attached hydrogens (tertiary/aromatic N) is 2. The highest BCUT2D eigenvalue weighted by molar-refractivity contribution is 5.67. The molecule has 7 heteroatoms. The lowest BCUT2D eigenvalue weighted by atomic mass is 10.1. The third-order valence-electron chi connectivity index (χ3n) is 2.42. The number of aliphatic carboxylic acids is 1. The lowest BCUT2D eigenvalue weighted by Gasteiger charge is -2.12. The zero-order chi connectivity index (χ0) is 13.7. The smallest absolute Gasteiger partial charge is 0.303 e. The van der Waals surface area contributed by atoms with Gasteiger partial charge in [-0.2, -0.15) is 0 Å². The van der Waals surface area contributed by atoms with Gasteiger partial charge >= 0.3 is 5.97 Å². The van der Waals surface area contributed by atoms with Gasteiger partial charge in [0, 0.05) is 19.0 Å². The molecule has 0 aliphatic carbocycles. The molecule has 0 aromatic carbocycles. The summed E-state index contributed by atoms with van der Waals surface area (Å²) in [4.78, 5) is 24.5. The summed E-state index contributed by atoms with van der Waals surface area (Å²) >= 11 is 0. The predicted molar refractivity (Wildman–Crippen MR) is 65.5 cm³/mol. The van der Waals surface area contributed by atoms with Crippen molar-refractivity contribution in [1.29, 1.82) is 0 Å². The molecular weight excluding hydrogens is 238 g/mol. The SMILES string of the molecule is Cc1cc([N+](=O)[O-])cnc1NCC(C)CC(=O)O. The molecule has 2 N–H and O–H groups in total. The molecule has 1 aromatic heterocycles. The average Bonchev–Trinajstić information content (AvgIpc) is 2.26. The Morgan fingerprint density at radius 2 is 2.33 bits per heavy atom. The first kappa shape index (κ1) is 13.9. The molecule has 0 bridgehead atoms. The fraction of sp³-hybridized carbons (Fsp3) is 0.455. The molecule has 0 saturated carbocycles. The molecule has 0 amide bonds. The summed E-state index contributed by atoms with van der Waals surface area (Å²) in [5, 5.41) is 22.1. The van der Waals surface area contributed by atoms with Gasteiger partial charge in [0.05, 0.1) is 4.92 Å². The summed E-state index contributed by atoms with van der Waals surface area (Å²) in [6.07, 6.45) is 1.25. The van der Waals surface area contributed by atoms with Gasteiger partial charge in [0.1, 0.15) is 12.0 Å². The van der Waals surface area contributed by atoms with Crippen molar-refractivity contribution in [2.45, 2.75) is 20.3 Å². The number of carbonyl (C=O) groups is 1. The Bertz CT molecular complexity index is 462. The van der Waals surface area contributed by atoms with Gasteiger partial charge in [0.2, 0.25) is 0 Å². The second-order valence-corrected chi connectivity index (χ2v) is 4.20. The number of rotatable bonds is 6. The maximum Gasteiger partial charge on any atom is 0.303 e. The van der Waals surface area contributed by atoms with Gasteiger partial charge in [-0.3, -0.25) is 14.9 Å². The van der Waals surface area contributed by atoms with E-state index in [2.05, 4.69) is 10.3 Å². The van der Waals surface area contributed by atoms with E-state index in [0.29, 0.717) is 17.9 Å². The Morgan fingerprint density at radius 3 is 2.83 bits per heavy atom. The van der Waals surface area contributed by atoms with Crippen molar-refractivity contribution in [2.75, 3.05) is 11.9 Å². The predicted octanol–water partition coefficient (Wildman–Crippen LogP) is 1.82. The summed E-state index contributed by atoms with van der Waals surface area (Å²) in [5.41, 5.74) is 0.600. The standard InChI is InChI=1S/C11H15N3O4/c1-7(3-10(15)16)5-12-11-8(2)4-9(6-13-11)14(17)18/h4,6-7H,3,5H2,1-2H3,(H,12,13)(H,15,16). The highest BCUT2D eigenvalue weighted by Gasteiger charge is 2.11. The first-order valence-corrected chi connectivity index (χ1v) is 5.47. The van der Waals surface area contributed by atoms with Crippen LogP contribution in [0.1, 0.15) is 18.9 Å². The van der Waals surface area contributed by atoms with Crippen molar-refractivity contribution in [1.82, 2.24) is 4.98 Å². The quantitative estimate of drug-likeness (QED) is 0.591. The molecule has 0 radical (unpaired) electrons. The molecule has 98 valence electrons. The van der Waals surface area contributed by atoms with Crippen LogP contribution in [0.2, 0.25) is 0 Å². The average molecular weight is 253 g/mol. The van der Waals surface area contributed by atoms with Crippen LogP contribution in [0, 0.1) is 23.0 Å². The summed E-state index contributed by atoms with van der Waals surface area (Å²) in [5.74, 6) is -0.352. The molecule has 7 nitrogen and oxygen atoms in total. The zero-order valence-electron chi connectivity index (χ0n) is 10.2. The molecule has 1 atom stereocenters. The maximum atomic E-state index is 10.5. The number of hydrogen-bond donors (Lipinski definition) is 2. The highest BCUT2D eigenvalue weighted by Crippen LogP contribution is 2.18. The maximum absolute atomic E-state index is 10.5. The van der Waals surface area contributed by atoms with Gasteiger partial charge in [-0.1, -0.05) is 6.92 Å². The molecule has 0 spiro atoms. The third-order valence-corrected chi connectivity index (χ3v) is 2.42. The van der Waals surface area contributed by atoms with Crippen molar-refractivity contribution in [3.63, 3.8) is 0 Å². The van der Waals surface area contributed by atoms with Crippen LogP contribution in [-0.4, -0.2) is 27.5 Å².